The third kappa shape index (κ3) is 2.06. The maximum Gasteiger partial charge on any atom is 0.136 e. The van der Waals surface area contributed by atoms with Gasteiger partial charge in [-0.2, -0.15) is 0 Å². The zero-order valence-corrected chi connectivity index (χ0v) is 10.4. The molecule has 1 atom stereocenters. The molecule has 17 heavy (non-hydrogen) atoms. The van der Waals surface area contributed by atoms with E-state index in [9.17, 15) is 0 Å². The number of nitrogens with zero attached hydrogens (tertiary/aromatic N) is 2. The summed E-state index contributed by atoms with van der Waals surface area (Å²) in [6.45, 7) is 1.39. The monoisotopic (exact) mass is 268 g/mol. The van der Waals surface area contributed by atoms with E-state index < -0.39 is 0 Å². The summed E-state index contributed by atoms with van der Waals surface area (Å²) >= 11 is 12.1. The highest BCUT2D eigenvalue weighted by Gasteiger charge is 2.48. The summed E-state index contributed by atoms with van der Waals surface area (Å²) in [6.07, 6.45) is 5.43. The van der Waals surface area contributed by atoms with Crippen LogP contribution >= 0.6 is 23.2 Å². The molecule has 0 unspecified atom stereocenters. The molecule has 0 N–H and O–H groups in total. The minimum absolute atomic E-state index is 0.317. The van der Waals surface area contributed by atoms with Gasteiger partial charge in [-0.25, -0.2) is 4.98 Å². The Morgan fingerprint density at radius 3 is 2.82 bits per heavy atom. The minimum Gasteiger partial charge on any atom is -0.362 e. The fourth-order valence-electron chi connectivity index (χ4n) is 1.95. The molecule has 3 rings (SSSR count). The van der Waals surface area contributed by atoms with E-state index >= 15 is 0 Å². The van der Waals surface area contributed by atoms with Crippen molar-refractivity contribution in [2.24, 2.45) is 0 Å². The number of imidazole rings is 1. The molecule has 1 aromatic heterocycles. The van der Waals surface area contributed by atoms with Crippen LogP contribution in [0.1, 0.15) is 5.56 Å². The van der Waals surface area contributed by atoms with Gasteiger partial charge < -0.3 is 9.30 Å². The molecular formula is C12H10Cl2N2O. The molecule has 2 heterocycles. The average Bonchev–Trinajstić information content (AvgIpc) is 2.86. The Labute approximate surface area is 109 Å². The first-order valence-electron chi connectivity index (χ1n) is 5.25. The van der Waals surface area contributed by atoms with E-state index in [-0.39, 0.29) is 5.60 Å². The van der Waals surface area contributed by atoms with Gasteiger partial charge in [0.25, 0.3) is 0 Å². The van der Waals surface area contributed by atoms with Crippen LogP contribution in [0.4, 0.5) is 0 Å². The number of rotatable bonds is 3. The molecule has 0 bridgehead atoms. The molecule has 5 heteroatoms. The van der Waals surface area contributed by atoms with Gasteiger partial charge in [0, 0.05) is 28.0 Å². The van der Waals surface area contributed by atoms with Crippen molar-refractivity contribution in [2.75, 3.05) is 6.61 Å². The summed E-state index contributed by atoms with van der Waals surface area (Å²) in [7, 11) is 0. The first kappa shape index (κ1) is 11.1. The van der Waals surface area contributed by atoms with Crippen molar-refractivity contribution in [2.45, 2.75) is 12.1 Å². The molecule has 1 aromatic carbocycles. The first-order chi connectivity index (χ1) is 8.20. The second kappa shape index (κ2) is 4.02. The lowest BCUT2D eigenvalue weighted by molar-refractivity contribution is 0.277. The van der Waals surface area contributed by atoms with Crippen molar-refractivity contribution in [3.8, 4) is 0 Å². The van der Waals surface area contributed by atoms with E-state index in [1.807, 2.05) is 22.9 Å². The average molecular weight is 269 g/mol. The lowest BCUT2D eigenvalue weighted by Gasteiger charge is -2.14. The van der Waals surface area contributed by atoms with Gasteiger partial charge in [-0.05, 0) is 12.1 Å². The topological polar surface area (TPSA) is 30.4 Å². The Bertz CT molecular complexity index is 535. The smallest absolute Gasteiger partial charge is 0.136 e. The van der Waals surface area contributed by atoms with E-state index in [0.29, 0.717) is 23.2 Å². The SMILES string of the molecule is Clc1ccc([C@@]2(Cn3ccnc3)CO2)c(Cl)c1. The molecule has 0 amide bonds. The number of ether oxygens (including phenoxy) is 1. The van der Waals surface area contributed by atoms with Gasteiger partial charge in [-0.3, -0.25) is 0 Å². The molecule has 0 radical (unpaired) electrons. The maximum absolute atomic E-state index is 6.20. The summed E-state index contributed by atoms with van der Waals surface area (Å²) in [5, 5.41) is 1.28. The predicted octanol–water partition coefficient (Wildman–Crippen LogP) is 3.12. The maximum atomic E-state index is 6.20. The van der Waals surface area contributed by atoms with Gasteiger partial charge >= 0.3 is 0 Å². The predicted molar refractivity (Wildman–Crippen MR) is 66.3 cm³/mol. The van der Waals surface area contributed by atoms with Crippen LogP contribution in [-0.4, -0.2) is 16.2 Å². The van der Waals surface area contributed by atoms with Gasteiger partial charge in [0.05, 0.1) is 19.5 Å². The highest BCUT2D eigenvalue weighted by atomic mass is 35.5. The van der Waals surface area contributed by atoms with Crippen molar-refractivity contribution in [1.82, 2.24) is 9.55 Å². The highest BCUT2D eigenvalue weighted by molar-refractivity contribution is 6.35. The quantitative estimate of drug-likeness (QED) is 0.801. The van der Waals surface area contributed by atoms with Gasteiger partial charge in [-0.15, -0.1) is 0 Å². The van der Waals surface area contributed by atoms with Crippen molar-refractivity contribution < 1.29 is 4.74 Å². The van der Waals surface area contributed by atoms with Crippen LogP contribution in [0.5, 0.6) is 0 Å². The molecular weight excluding hydrogens is 259 g/mol. The largest absolute Gasteiger partial charge is 0.362 e. The first-order valence-corrected chi connectivity index (χ1v) is 6.00. The Kier molecular flexibility index (Phi) is 2.62. The second-order valence-electron chi connectivity index (χ2n) is 4.14. The fourth-order valence-corrected chi connectivity index (χ4v) is 2.53. The molecule has 1 aliphatic heterocycles. The number of epoxide rings is 1. The summed E-state index contributed by atoms with van der Waals surface area (Å²) in [4.78, 5) is 4.02. The van der Waals surface area contributed by atoms with E-state index in [1.165, 1.54) is 0 Å². The third-order valence-electron chi connectivity index (χ3n) is 2.91. The van der Waals surface area contributed by atoms with Crippen molar-refractivity contribution in [3.05, 3.63) is 52.5 Å². The van der Waals surface area contributed by atoms with Gasteiger partial charge in [0.15, 0.2) is 0 Å². The third-order valence-corrected chi connectivity index (χ3v) is 3.46. The zero-order valence-electron chi connectivity index (χ0n) is 8.94. The summed E-state index contributed by atoms with van der Waals surface area (Å²) in [5.74, 6) is 0. The van der Waals surface area contributed by atoms with Crippen LogP contribution in [0.2, 0.25) is 10.0 Å². The van der Waals surface area contributed by atoms with E-state index in [4.69, 9.17) is 27.9 Å². The zero-order chi connectivity index (χ0) is 11.9. The highest BCUT2D eigenvalue weighted by Crippen LogP contribution is 2.44. The summed E-state index contributed by atoms with van der Waals surface area (Å²) in [5.41, 5.74) is 0.666. The molecule has 1 saturated heterocycles. The number of hydrogen-bond donors (Lipinski definition) is 0. The van der Waals surface area contributed by atoms with Crippen LogP contribution in [-0.2, 0) is 16.9 Å². The van der Waals surface area contributed by atoms with Crippen molar-refractivity contribution >= 4 is 23.2 Å². The number of aromatic nitrogens is 2. The van der Waals surface area contributed by atoms with E-state index in [1.54, 1.807) is 18.6 Å². The molecule has 88 valence electrons. The van der Waals surface area contributed by atoms with Gasteiger partial charge in [0.2, 0.25) is 0 Å². The second-order valence-corrected chi connectivity index (χ2v) is 4.99. The Morgan fingerprint density at radius 1 is 1.41 bits per heavy atom. The van der Waals surface area contributed by atoms with E-state index in [0.717, 1.165) is 5.56 Å². The molecule has 0 aliphatic carbocycles. The van der Waals surface area contributed by atoms with Gasteiger partial charge in [0.1, 0.15) is 5.60 Å². The van der Waals surface area contributed by atoms with Crippen LogP contribution in [0, 0.1) is 0 Å². The van der Waals surface area contributed by atoms with Crippen LogP contribution in [0.3, 0.4) is 0 Å². The summed E-state index contributed by atoms with van der Waals surface area (Å²) in [6, 6.07) is 5.50. The Morgan fingerprint density at radius 2 is 2.24 bits per heavy atom. The normalized spacial score (nSPS) is 22.7. The molecule has 0 spiro atoms. The molecule has 1 aliphatic rings. The van der Waals surface area contributed by atoms with Crippen LogP contribution in [0.15, 0.2) is 36.9 Å². The fraction of sp³-hybridized carbons (Fsp3) is 0.250. The van der Waals surface area contributed by atoms with Crippen LogP contribution in [0.25, 0.3) is 0 Å². The number of halogens is 2. The van der Waals surface area contributed by atoms with Crippen LogP contribution < -0.4 is 0 Å². The number of hydrogen-bond acceptors (Lipinski definition) is 2. The molecule has 1 fully saturated rings. The Hall–Kier alpha value is -1.03. The van der Waals surface area contributed by atoms with Crippen molar-refractivity contribution in [1.29, 1.82) is 0 Å². The van der Waals surface area contributed by atoms with Gasteiger partial charge in [-0.1, -0.05) is 29.3 Å². The lowest BCUT2D eigenvalue weighted by atomic mass is 10.00. The lowest BCUT2D eigenvalue weighted by Crippen LogP contribution is -2.17. The van der Waals surface area contributed by atoms with E-state index in [2.05, 4.69) is 4.98 Å². The molecule has 0 saturated carbocycles. The number of benzene rings is 1. The Balaban J connectivity index is 1.92. The standard InChI is InChI=1S/C12H10Cl2N2O/c13-9-1-2-10(11(14)5-9)12(7-17-12)6-16-4-3-15-8-16/h1-5,8H,6-7H2/t12-/m1/s1. The molecule has 3 nitrogen and oxygen atoms in total. The minimum atomic E-state index is -0.317. The molecule has 2 aromatic rings. The summed E-state index contributed by atoms with van der Waals surface area (Å²) < 4.78 is 7.58. The van der Waals surface area contributed by atoms with Crippen molar-refractivity contribution in [3.63, 3.8) is 0 Å².